The molecular formula is C14H9ClFIO2. The van der Waals surface area contributed by atoms with Gasteiger partial charge in [0.2, 0.25) is 0 Å². The highest BCUT2D eigenvalue weighted by Gasteiger charge is 2.18. The van der Waals surface area contributed by atoms with Gasteiger partial charge in [0.25, 0.3) is 0 Å². The largest absolute Gasteiger partial charge is 0.496 e. The summed E-state index contributed by atoms with van der Waals surface area (Å²) in [4.78, 5) is 12.3. The van der Waals surface area contributed by atoms with Gasteiger partial charge in [0.1, 0.15) is 11.6 Å². The summed E-state index contributed by atoms with van der Waals surface area (Å²) in [5.74, 6) is -0.650. The summed E-state index contributed by atoms with van der Waals surface area (Å²) in [6, 6.07) is 9.14. The Bertz CT molecular complexity index is 643. The van der Waals surface area contributed by atoms with Gasteiger partial charge in [-0.1, -0.05) is 11.6 Å². The number of benzene rings is 2. The molecule has 0 bridgehead atoms. The Morgan fingerprint density at radius 2 is 1.95 bits per heavy atom. The third kappa shape index (κ3) is 3.06. The quantitative estimate of drug-likeness (QED) is 0.576. The topological polar surface area (TPSA) is 26.3 Å². The van der Waals surface area contributed by atoms with Crippen molar-refractivity contribution >= 4 is 40.0 Å². The van der Waals surface area contributed by atoms with Gasteiger partial charge >= 0.3 is 0 Å². The van der Waals surface area contributed by atoms with Crippen molar-refractivity contribution in [3.63, 3.8) is 0 Å². The third-order valence-electron chi connectivity index (χ3n) is 2.58. The number of ether oxygens (including phenoxy) is 1. The van der Waals surface area contributed by atoms with E-state index in [9.17, 15) is 9.18 Å². The number of carbonyl (C=O) groups excluding carboxylic acids is 1. The highest BCUT2D eigenvalue weighted by molar-refractivity contribution is 14.1. The fourth-order valence-electron chi connectivity index (χ4n) is 1.68. The number of hydrogen-bond donors (Lipinski definition) is 0. The van der Waals surface area contributed by atoms with E-state index in [0.717, 1.165) is 9.64 Å². The van der Waals surface area contributed by atoms with Crippen LogP contribution in [0.15, 0.2) is 36.4 Å². The zero-order valence-electron chi connectivity index (χ0n) is 9.91. The smallest absolute Gasteiger partial charge is 0.199 e. The van der Waals surface area contributed by atoms with Gasteiger partial charge in [-0.15, -0.1) is 0 Å². The van der Waals surface area contributed by atoms with Crippen LogP contribution in [0.25, 0.3) is 0 Å². The monoisotopic (exact) mass is 390 g/mol. The number of halogens is 3. The average molecular weight is 391 g/mol. The summed E-state index contributed by atoms with van der Waals surface area (Å²) in [5.41, 5.74) is 0.306. The molecule has 0 aliphatic rings. The lowest BCUT2D eigenvalue weighted by Crippen LogP contribution is -2.06. The molecule has 0 atom stereocenters. The van der Waals surface area contributed by atoms with Crippen LogP contribution in [0.1, 0.15) is 15.9 Å². The molecule has 2 nitrogen and oxygen atoms in total. The molecule has 5 heteroatoms. The summed E-state index contributed by atoms with van der Waals surface area (Å²) in [7, 11) is 1.47. The van der Waals surface area contributed by atoms with Crippen molar-refractivity contribution in [2.24, 2.45) is 0 Å². The first-order valence-corrected chi connectivity index (χ1v) is 6.82. The number of ketones is 1. The lowest BCUT2D eigenvalue weighted by molar-refractivity contribution is 0.103. The standard InChI is InChI=1S/C14H9ClFIO2/c1-19-13-5-3-9(17)7-11(13)14(18)10-4-2-8(15)6-12(10)16/h2-7H,1H3. The van der Waals surface area contributed by atoms with Gasteiger partial charge in [0, 0.05) is 8.59 Å². The molecule has 0 fully saturated rings. The number of methoxy groups -OCH3 is 1. The zero-order valence-corrected chi connectivity index (χ0v) is 12.8. The molecule has 19 heavy (non-hydrogen) atoms. The average Bonchev–Trinajstić information content (AvgIpc) is 2.38. The van der Waals surface area contributed by atoms with Crippen LogP contribution in [0.2, 0.25) is 5.02 Å². The molecule has 0 aromatic heterocycles. The predicted octanol–water partition coefficient (Wildman–Crippen LogP) is 4.32. The Morgan fingerprint density at radius 3 is 2.58 bits per heavy atom. The molecule has 2 aromatic carbocycles. The van der Waals surface area contributed by atoms with E-state index in [-0.39, 0.29) is 10.6 Å². The van der Waals surface area contributed by atoms with E-state index in [2.05, 4.69) is 22.6 Å². The third-order valence-corrected chi connectivity index (χ3v) is 3.49. The van der Waals surface area contributed by atoms with E-state index in [1.165, 1.54) is 19.2 Å². The highest BCUT2D eigenvalue weighted by Crippen LogP contribution is 2.25. The molecule has 0 saturated carbocycles. The maximum absolute atomic E-state index is 13.8. The molecule has 0 spiro atoms. The molecule has 0 aliphatic carbocycles. The molecule has 0 N–H and O–H groups in total. The zero-order chi connectivity index (χ0) is 14.0. The van der Waals surface area contributed by atoms with E-state index in [1.807, 2.05) is 6.07 Å². The SMILES string of the molecule is COc1ccc(I)cc1C(=O)c1ccc(Cl)cc1F. The Morgan fingerprint density at radius 1 is 1.21 bits per heavy atom. The van der Waals surface area contributed by atoms with Gasteiger partial charge in [0.05, 0.1) is 18.2 Å². The maximum atomic E-state index is 13.8. The second kappa shape index (κ2) is 5.88. The summed E-state index contributed by atoms with van der Waals surface area (Å²) >= 11 is 7.76. The van der Waals surface area contributed by atoms with Crippen LogP contribution in [-0.4, -0.2) is 12.9 Å². The number of carbonyl (C=O) groups is 1. The Labute approximate surface area is 128 Å². The molecule has 0 heterocycles. The van der Waals surface area contributed by atoms with Crippen molar-refractivity contribution in [1.29, 1.82) is 0 Å². The molecule has 0 amide bonds. The molecule has 0 aliphatic heterocycles. The first-order chi connectivity index (χ1) is 9.02. The fraction of sp³-hybridized carbons (Fsp3) is 0.0714. The van der Waals surface area contributed by atoms with Crippen LogP contribution < -0.4 is 4.74 Å². The molecular weight excluding hydrogens is 382 g/mol. The van der Waals surface area contributed by atoms with Crippen LogP contribution in [0, 0.1) is 9.39 Å². The highest BCUT2D eigenvalue weighted by atomic mass is 127. The van der Waals surface area contributed by atoms with Crippen LogP contribution >= 0.6 is 34.2 Å². The molecule has 0 unspecified atom stereocenters. The van der Waals surface area contributed by atoms with Crippen LogP contribution in [-0.2, 0) is 0 Å². The minimum atomic E-state index is -0.640. The van der Waals surface area contributed by atoms with Crippen molar-refractivity contribution in [2.45, 2.75) is 0 Å². The minimum Gasteiger partial charge on any atom is -0.496 e. The van der Waals surface area contributed by atoms with Gasteiger partial charge in [0.15, 0.2) is 5.78 Å². The summed E-state index contributed by atoms with van der Waals surface area (Å²) in [6.45, 7) is 0. The number of rotatable bonds is 3. The first-order valence-electron chi connectivity index (χ1n) is 5.36. The lowest BCUT2D eigenvalue weighted by atomic mass is 10.0. The van der Waals surface area contributed by atoms with Crippen molar-refractivity contribution in [2.75, 3.05) is 7.11 Å². The van der Waals surface area contributed by atoms with Crippen LogP contribution in [0.4, 0.5) is 4.39 Å². The molecule has 2 aromatic rings. The first kappa shape index (κ1) is 14.3. The normalized spacial score (nSPS) is 10.3. The van der Waals surface area contributed by atoms with Gasteiger partial charge in [-0.05, 0) is 59.0 Å². The van der Waals surface area contributed by atoms with Crippen molar-refractivity contribution in [3.8, 4) is 5.75 Å². The Hall–Kier alpha value is -1.14. The second-order valence-corrected chi connectivity index (χ2v) is 5.48. The van der Waals surface area contributed by atoms with E-state index < -0.39 is 11.6 Å². The molecule has 2 rings (SSSR count). The summed E-state index contributed by atoms with van der Waals surface area (Å²) in [6.07, 6.45) is 0. The summed E-state index contributed by atoms with van der Waals surface area (Å²) in [5, 5.41) is 0.253. The maximum Gasteiger partial charge on any atom is 0.199 e. The Balaban J connectivity index is 2.52. The second-order valence-electron chi connectivity index (χ2n) is 3.80. The van der Waals surface area contributed by atoms with Crippen molar-refractivity contribution in [3.05, 3.63) is 61.9 Å². The molecule has 0 saturated heterocycles. The van der Waals surface area contributed by atoms with E-state index >= 15 is 0 Å². The van der Waals surface area contributed by atoms with Gasteiger partial charge in [-0.2, -0.15) is 0 Å². The van der Waals surface area contributed by atoms with Crippen molar-refractivity contribution < 1.29 is 13.9 Å². The predicted molar refractivity (Wildman–Crippen MR) is 80.6 cm³/mol. The fourth-order valence-corrected chi connectivity index (χ4v) is 2.33. The van der Waals surface area contributed by atoms with Gasteiger partial charge in [-0.3, -0.25) is 4.79 Å². The van der Waals surface area contributed by atoms with Gasteiger partial charge < -0.3 is 4.74 Å². The minimum absolute atomic E-state index is 0.0234. The van der Waals surface area contributed by atoms with Crippen LogP contribution in [0.5, 0.6) is 5.75 Å². The van der Waals surface area contributed by atoms with E-state index in [4.69, 9.17) is 16.3 Å². The number of hydrogen-bond acceptors (Lipinski definition) is 2. The molecule has 0 radical (unpaired) electrons. The van der Waals surface area contributed by atoms with Gasteiger partial charge in [-0.25, -0.2) is 4.39 Å². The Kier molecular flexibility index (Phi) is 4.42. The van der Waals surface area contributed by atoms with Crippen LogP contribution in [0.3, 0.4) is 0 Å². The summed E-state index contributed by atoms with van der Waals surface area (Å²) < 4.78 is 19.8. The van der Waals surface area contributed by atoms with E-state index in [1.54, 1.807) is 12.1 Å². The lowest BCUT2D eigenvalue weighted by Gasteiger charge is -2.09. The molecule has 98 valence electrons. The van der Waals surface area contributed by atoms with E-state index in [0.29, 0.717) is 11.3 Å². The van der Waals surface area contributed by atoms with Crippen molar-refractivity contribution in [1.82, 2.24) is 0 Å².